The molecule has 3 heteroatoms. The van der Waals surface area contributed by atoms with Crippen LogP contribution in [0, 0.1) is 12.7 Å². The summed E-state index contributed by atoms with van der Waals surface area (Å²) in [7, 11) is 0. The molecule has 0 unspecified atom stereocenters. The normalized spacial score (nSPS) is 18.3. The molecular formula is C17H17FN2. The first-order valence-corrected chi connectivity index (χ1v) is 7.36. The SMILES string of the molecule is Cc1nc(-c2ccc(F)cc2C2CC2)cnc1C1CC1. The number of rotatable bonds is 3. The highest BCUT2D eigenvalue weighted by molar-refractivity contribution is 5.65. The standard InChI is InChI=1S/C17H17FN2/c1-10-17(12-4-5-12)19-9-16(20-10)14-7-6-13(18)8-15(14)11-2-3-11/h6-9,11-12H,2-5H2,1H3. The van der Waals surface area contributed by atoms with Crippen LogP contribution in [-0.4, -0.2) is 9.97 Å². The van der Waals surface area contributed by atoms with Crippen LogP contribution in [0.15, 0.2) is 24.4 Å². The first kappa shape index (κ1) is 12.0. The van der Waals surface area contributed by atoms with E-state index in [2.05, 4.69) is 4.98 Å². The van der Waals surface area contributed by atoms with Crippen molar-refractivity contribution in [2.45, 2.75) is 44.4 Å². The maximum absolute atomic E-state index is 13.5. The van der Waals surface area contributed by atoms with Crippen LogP contribution in [0.3, 0.4) is 0 Å². The predicted molar refractivity (Wildman–Crippen MR) is 76.1 cm³/mol. The van der Waals surface area contributed by atoms with E-state index in [0.29, 0.717) is 11.8 Å². The Morgan fingerprint density at radius 1 is 1.10 bits per heavy atom. The van der Waals surface area contributed by atoms with Crippen LogP contribution in [0.5, 0.6) is 0 Å². The molecule has 1 aromatic carbocycles. The van der Waals surface area contributed by atoms with E-state index in [0.717, 1.165) is 41.1 Å². The molecule has 2 nitrogen and oxygen atoms in total. The van der Waals surface area contributed by atoms with Gasteiger partial charge in [-0.05, 0) is 62.3 Å². The summed E-state index contributed by atoms with van der Waals surface area (Å²) in [5.41, 5.74) is 5.19. The Balaban J connectivity index is 1.78. The van der Waals surface area contributed by atoms with Gasteiger partial charge in [0.15, 0.2) is 0 Å². The summed E-state index contributed by atoms with van der Waals surface area (Å²) in [6.45, 7) is 2.03. The Hall–Kier alpha value is -1.77. The van der Waals surface area contributed by atoms with Crippen molar-refractivity contribution in [3.63, 3.8) is 0 Å². The lowest BCUT2D eigenvalue weighted by Crippen LogP contribution is -1.99. The quantitative estimate of drug-likeness (QED) is 0.827. The first-order valence-electron chi connectivity index (χ1n) is 7.36. The maximum atomic E-state index is 13.5. The second-order valence-electron chi connectivity index (χ2n) is 6.01. The van der Waals surface area contributed by atoms with Crippen LogP contribution < -0.4 is 0 Å². The van der Waals surface area contributed by atoms with Gasteiger partial charge in [-0.2, -0.15) is 0 Å². The van der Waals surface area contributed by atoms with Crippen LogP contribution in [0.4, 0.5) is 4.39 Å². The third-order valence-electron chi connectivity index (χ3n) is 4.26. The van der Waals surface area contributed by atoms with Crippen molar-refractivity contribution in [3.8, 4) is 11.3 Å². The summed E-state index contributed by atoms with van der Waals surface area (Å²) in [6, 6.07) is 5.04. The monoisotopic (exact) mass is 268 g/mol. The first-order chi connectivity index (χ1) is 9.72. The summed E-state index contributed by atoms with van der Waals surface area (Å²) in [4.78, 5) is 9.32. The lowest BCUT2D eigenvalue weighted by molar-refractivity contribution is 0.625. The summed E-state index contributed by atoms with van der Waals surface area (Å²) in [5, 5.41) is 0. The zero-order valence-electron chi connectivity index (χ0n) is 11.6. The van der Waals surface area contributed by atoms with E-state index in [1.165, 1.54) is 18.9 Å². The van der Waals surface area contributed by atoms with Gasteiger partial charge in [-0.15, -0.1) is 0 Å². The predicted octanol–water partition coefficient (Wildman–Crippen LogP) is 4.35. The number of aryl methyl sites for hydroxylation is 1. The Morgan fingerprint density at radius 3 is 2.50 bits per heavy atom. The molecule has 2 fully saturated rings. The van der Waals surface area contributed by atoms with Crippen LogP contribution in [0.1, 0.15) is 54.5 Å². The van der Waals surface area contributed by atoms with Crippen molar-refractivity contribution in [3.05, 3.63) is 47.2 Å². The molecule has 102 valence electrons. The van der Waals surface area contributed by atoms with E-state index in [1.807, 2.05) is 19.2 Å². The summed E-state index contributed by atoms with van der Waals surface area (Å²) >= 11 is 0. The Kier molecular flexibility index (Phi) is 2.62. The van der Waals surface area contributed by atoms with Gasteiger partial charge in [-0.1, -0.05) is 0 Å². The zero-order valence-corrected chi connectivity index (χ0v) is 11.6. The number of hydrogen-bond acceptors (Lipinski definition) is 2. The van der Waals surface area contributed by atoms with E-state index < -0.39 is 0 Å². The molecule has 2 aromatic rings. The fourth-order valence-electron chi connectivity index (χ4n) is 2.88. The van der Waals surface area contributed by atoms with Gasteiger partial charge < -0.3 is 0 Å². The Bertz CT molecular complexity index is 673. The minimum atomic E-state index is -0.157. The highest BCUT2D eigenvalue weighted by atomic mass is 19.1. The van der Waals surface area contributed by atoms with Gasteiger partial charge >= 0.3 is 0 Å². The van der Waals surface area contributed by atoms with Crippen LogP contribution >= 0.6 is 0 Å². The topological polar surface area (TPSA) is 25.8 Å². The average molecular weight is 268 g/mol. The lowest BCUT2D eigenvalue weighted by Gasteiger charge is -2.10. The highest BCUT2D eigenvalue weighted by Crippen LogP contribution is 2.45. The molecule has 0 spiro atoms. The average Bonchev–Trinajstić information content (AvgIpc) is 3.30. The molecule has 0 saturated heterocycles. The number of nitrogens with zero attached hydrogens (tertiary/aromatic N) is 2. The van der Waals surface area contributed by atoms with Crippen LogP contribution in [0.2, 0.25) is 0 Å². The van der Waals surface area contributed by atoms with Gasteiger partial charge in [0.25, 0.3) is 0 Å². The summed E-state index contributed by atoms with van der Waals surface area (Å²) in [6.07, 6.45) is 6.64. The van der Waals surface area contributed by atoms with Gasteiger partial charge in [0.1, 0.15) is 5.82 Å². The minimum absolute atomic E-state index is 0.157. The highest BCUT2D eigenvalue weighted by Gasteiger charge is 2.29. The van der Waals surface area contributed by atoms with Crippen molar-refractivity contribution in [2.24, 2.45) is 0 Å². The molecular weight excluding hydrogens is 251 g/mol. The van der Waals surface area contributed by atoms with E-state index >= 15 is 0 Å². The van der Waals surface area contributed by atoms with E-state index in [9.17, 15) is 4.39 Å². The van der Waals surface area contributed by atoms with Crippen molar-refractivity contribution in [1.82, 2.24) is 9.97 Å². The fraction of sp³-hybridized carbons (Fsp3) is 0.412. The number of benzene rings is 1. The zero-order chi connectivity index (χ0) is 13.7. The van der Waals surface area contributed by atoms with E-state index in [4.69, 9.17) is 4.98 Å². The molecule has 2 saturated carbocycles. The molecule has 4 rings (SSSR count). The van der Waals surface area contributed by atoms with Crippen LogP contribution in [-0.2, 0) is 0 Å². The minimum Gasteiger partial charge on any atom is -0.257 e. The second kappa shape index (κ2) is 4.37. The third kappa shape index (κ3) is 2.11. The molecule has 0 amide bonds. The lowest BCUT2D eigenvalue weighted by atomic mass is 10.0. The van der Waals surface area contributed by atoms with E-state index in [-0.39, 0.29) is 5.82 Å². The Morgan fingerprint density at radius 2 is 1.85 bits per heavy atom. The third-order valence-corrected chi connectivity index (χ3v) is 4.26. The van der Waals surface area contributed by atoms with E-state index in [1.54, 1.807) is 6.07 Å². The second-order valence-corrected chi connectivity index (χ2v) is 6.01. The molecule has 0 N–H and O–H groups in total. The van der Waals surface area contributed by atoms with Gasteiger partial charge in [0, 0.05) is 11.5 Å². The summed E-state index contributed by atoms with van der Waals surface area (Å²) in [5.74, 6) is 0.966. The number of hydrogen-bond donors (Lipinski definition) is 0. The number of aromatic nitrogens is 2. The van der Waals surface area contributed by atoms with Crippen molar-refractivity contribution < 1.29 is 4.39 Å². The molecule has 0 bridgehead atoms. The molecule has 1 aromatic heterocycles. The smallest absolute Gasteiger partial charge is 0.123 e. The molecule has 1 heterocycles. The van der Waals surface area contributed by atoms with Gasteiger partial charge in [-0.25, -0.2) is 9.37 Å². The van der Waals surface area contributed by atoms with Crippen molar-refractivity contribution >= 4 is 0 Å². The van der Waals surface area contributed by atoms with Gasteiger partial charge in [0.2, 0.25) is 0 Å². The molecule has 0 atom stereocenters. The molecule has 20 heavy (non-hydrogen) atoms. The molecule has 2 aliphatic carbocycles. The Labute approximate surface area is 118 Å². The largest absolute Gasteiger partial charge is 0.257 e. The van der Waals surface area contributed by atoms with Crippen LogP contribution in [0.25, 0.3) is 11.3 Å². The fourth-order valence-corrected chi connectivity index (χ4v) is 2.88. The summed E-state index contributed by atoms with van der Waals surface area (Å²) < 4.78 is 13.5. The number of halogens is 1. The van der Waals surface area contributed by atoms with Gasteiger partial charge in [-0.3, -0.25) is 4.98 Å². The molecule has 0 radical (unpaired) electrons. The molecule has 0 aliphatic heterocycles. The molecule has 2 aliphatic rings. The van der Waals surface area contributed by atoms with Crippen molar-refractivity contribution in [2.75, 3.05) is 0 Å². The van der Waals surface area contributed by atoms with Crippen molar-refractivity contribution in [1.29, 1.82) is 0 Å². The maximum Gasteiger partial charge on any atom is 0.123 e. The van der Waals surface area contributed by atoms with Gasteiger partial charge in [0.05, 0.1) is 23.3 Å².